The Morgan fingerprint density at radius 3 is 2.31 bits per heavy atom. The van der Waals surface area contributed by atoms with Crippen LogP contribution in [-0.4, -0.2) is 44.1 Å². The molecule has 1 saturated heterocycles. The van der Waals surface area contributed by atoms with Gasteiger partial charge in [-0.1, -0.05) is 37.3 Å². The molecule has 2 aromatic carbocycles. The predicted molar refractivity (Wildman–Crippen MR) is 106 cm³/mol. The number of benzene rings is 2. The van der Waals surface area contributed by atoms with Crippen molar-refractivity contribution in [3.8, 4) is 5.75 Å². The second-order valence-corrected chi connectivity index (χ2v) is 7.03. The van der Waals surface area contributed by atoms with Crippen molar-refractivity contribution in [2.24, 2.45) is 0 Å². The first kappa shape index (κ1) is 18.3. The Labute approximate surface area is 156 Å². The Hall–Kier alpha value is -2.49. The van der Waals surface area contributed by atoms with Gasteiger partial charge in [-0.05, 0) is 42.2 Å². The highest BCUT2D eigenvalue weighted by atomic mass is 16.5. The number of carbonyl (C=O) groups excluding carboxylic acids is 1. The molecule has 1 aliphatic rings. The maximum atomic E-state index is 12.7. The van der Waals surface area contributed by atoms with Crippen molar-refractivity contribution in [3.63, 3.8) is 0 Å². The van der Waals surface area contributed by atoms with Gasteiger partial charge in [0, 0.05) is 38.3 Å². The van der Waals surface area contributed by atoms with Crippen LogP contribution < -0.4 is 9.64 Å². The Morgan fingerprint density at radius 1 is 1.04 bits per heavy atom. The van der Waals surface area contributed by atoms with Crippen LogP contribution in [0.3, 0.4) is 0 Å². The lowest BCUT2D eigenvalue weighted by atomic mass is 9.97. The quantitative estimate of drug-likeness (QED) is 0.819. The van der Waals surface area contributed by atoms with Crippen molar-refractivity contribution >= 4 is 11.6 Å². The molecule has 0 bridgehead atoms. The van der Waals surface area contributed by atoms with E-state index < -0.39 is 0 Å². The zero-order valence-electron chi connectivity index (χ0n) is 15.9. The maximum Gasteiger partial charge on any atom is 0.223 e. The Bertz CT molecular complexity index is 734. The topological polar surface area (TPSA) is 32.8 Å². The number of hydrogen-bond acceptors (Lipinski definition) is 3. The number of amides is 1. The van der Waals surface area contributed by atoms with E-state index in [1.165, 1.54) is 16.8 Å². The van der Waals surface area contributed by atoms with Crippen LogP contribution >= 0.6 is 0 Å². The van der Waals surface area contributed by atoms with E-state index >= 15 is 0 Å². The lowest BCUT2D eigenvalue weighted by Crippen LogP contribution is -2.49. The average Bonchev–Trinajstić information content (AvgIpc) is 2.68. The molecule has 26 heavy (non-hydrogen) atoms. The zero-order valence-corrected chi connectivity index (χ0v) is 15.9. The number of rotatable bonds is 5. The molecule has 3 rings (SSSR count). The second-order valence-electron chi connectivity index (χ2n) is 7.03. The molecule has 0 aromatic heterocycles. The molecule has 1 atom stereocenters. The third kappa shape index (κ3) is 4.18. The van der Waals surface area contributed by atoms with Crippen LogP contribution in [0.4, 0.5) is 5.69 Å². The number of anilines is 1. The SMILES string of the molecule is COc1ccc(C(C)CC(=O)N2CCN(c3ccccc3C)CC2)cc1. The summed E-state index contributed by atoms with van der Waals surface area (Å²) < 4.78 is 5.20. The molecule has 0 saturated carbocycles. The molecule has 0 aliphatic carbocycles. The Morgan fingerprint density at radius 2 is 1.69 bits per heavy atom. The van der Waals surface area contributed by atoms with Crippen LogP contribution in [-0.2, 0) is 4.79 Å². The van der Waals surface area contributed by atoms with Crippen molar-refractivity contribution in [1.82, 2.24) is 4.90 Å². The van der Waals surface area contributed by atoms with E-state index in [4.69, 9.17) is 4.74 Å². The number of nitrogens with zero attached hydrogens (tertiary/aromatic N) is 2. The van der Waals surface area contributed by atoms with Gasteiger partial charge in [-0.15, -0.1) is 0 Å². The van der Waals surface area contributed by atoms with Gasteiger partial charge in [0.1, 0.15) is 5.75 Å². The fraction of sp³-hybridized carbons (Fsp3) is 0.409. The van der Waals surface area contributed by atoms with Crippen LogP contribution in [0.2, 0.25) is 0 Å². The van der Waals surface area contributed by atoms with Crippen LogP contribution in [0, 0.1) is 6.92 Å². The molecule has 1 fully saturated rings. The molecule has 1 unspecified atom stereocenters. The summed E-state index contributed by atoms with van der Waals surface area (Å²) >= 11 is 0. The lowest BCUT2D eigenvalue weighted by Gasteiger charge is -2.37. The summed E-state index contributed by atoms with van der Waals surface area (Å²) in [5.41, 5.74) is 3.75. The van der Waals surface area contributed by atoms with E-state index in [0.717, 1.165) is 31.9 Å². The van der Waals surface area contributed by atoms with E-state index in [-0.39, 0.29) is 11.8 Å². The first-order valence-corrected chi connectivity index (χ1v) is 9.31. The Balaban J connectivity index is 1.54. The number of para-hydroxylation sites is 1. The highest BCUT2D eigenvalue weighted by molar-refractivity contribution is 5.77. The van der Waals surface area contributed by atoms with E-state index in [2.05, 4.69) is 43.0 Å². The van der Waals surface area contributed by atoms with Gasteiger partial charge < -0.3 is 14.5 Å². The number of carbonyl (C=O) groups is 1. The van der Waals surface area contributed by atoms with Gasteiger partial charge in [-0.25, -0.2) is 0 Å². The molecule has 138 valence electrons. The molecule has 4 nitrogen and oxygen atoms in total. The van der Waals surface area contributed by atoms with E-state index in [1.54, 1.807) is 7.11 Å². The molecule has 1 heterocycles. The van der Waals surface area contributed by atoms with Gasteiger partial charge in [-0.3, -0.25) is 4.79 Å². The highest BCUT2D eigenvalue weighted by Gasteiger charge is 2.23. The smallest absolute Gasteiger partial charge is 0.223 e. The molecule has 1 amide bonds. The fourth-order valence-electron chi connectivity index (χ4n) is 3.56. The molecule has 4 heteroatoms. The Kier molecular flexibility index (Phi) is 5.82. The summed E-state index contributed by atoms with van der Waals surface area (Å²) in [6, 6.07) is 16.5. The van der Waals surface area contributed by atoms with Crippen LogP contribution in [0.5, 0.6) is 5.75 Å². The summed E-state index contributed by atoms with van der Waals surface area (Å²) in [6.45, 7) is 7.64. The summed E-state index contributed by atoms with van der Waals surface area (Å²) in [4.78, 5) is 17.1. The highest BCUT2D eigenvalue weighted by Crippen LogP contribution is 2.24. The fourth-order valence-corrected chi connectivity index (χ4v) is 3.56. The largest absolute Gasteiger partial charge is 0.497 e. The number of methoxy groups -OCH3 is 1. The zero-order chi connectivity index (χ0) is 18.5. The minimum Gasteiger partial charge on any atom is -0.497 e. The summed E-state index contributed by atoms with van der Waals surface area (Å²) in [7, 11) is 1.67. The molecule has 2 aromatic rings. The molecule has 0 spiro atoms. The van der Waals surface area contributed by atoms with Crippen molar-refractivity contribution in [2.75, 3.05) is 38.2 Å². The van der Waals surface area contributed by atoms with Gasteiger partial charge in [-0.2, -0.15) is 0 Å². The number of ether oxygens (including phenoxy) is 1. The molecule has 0 radical (unpaired) electrons. The van der Waals surface area contributed by atoms with E-state index in [0.29, 0.717) is 6.42 Å². The van der Waals surface area contributed by atoms with Crippen molar-refractivity contribution in [1.29, 1.82) is 0 Å². The van der Waals surface area contributed by atoms with Crippen molar-refractivity contribution in [3.05, 3.63) is 59.7 Å². The first-order chi connectivity index (χ1) is 12.6. The normalized spacial score (nSPS) is 15.7. The predicted octanol–water partition coefficient (Wildman–Crippen LogP) is 3.85. The van der Waals surface area contributed by atoms with Crippen LogP contribution in [0.25, 0.3) is 0 Å². The van der Waals surface area contributed by atoms with Gasteiger partial charge in [0.25, 0.3) is 0 Å². The van der Waals surface area contributed by atoms with Gasteiger partial charge in [0.2, 0.25) is 5.91 Å². The van der Waals surface area contributed by atoms with Crippen LogP contribution in [0.1, 0.15) is 30.4 Å². The summed E-state index contributed by atoms with van der Waals surface area (Å²) in [5, 5.41) is 0. The van der Waals surface area contributed by atoms with E-state index in [9.17, 15) is 4.79 Å². The van der Waals surface area contributed by atoms with Crippen LogP contribution in [0.15, 0.2) is 48.5 Å². The molecular weight excluding hydrogens is 324 g/mol. The number of piperazine rings is 1. The minimum absolute atomic E-state index is 0.211. The molecule has 0 N–H and O–H groups in total. The van der Waals surface area contributed by atoms with Crippen molar-refractivity contribution < 1.29 is 9.53 Å². The van der Waals surface area contributed by atoms with Gasteiger partial charge >= 0.3 is 0 Å². The number of hydrogen-bond donors (Lipinski definition) is 0. The molecular formula is C22H28N2O2. The average molecular weight is 352 g/mol. The van der Waals surface area contributed by atoms with E-state index in [1.807, 2.05) is 29.2 Å². The first-order valence-electron chi connectivity index (χ1n) is 9.31. The third-order valence-corrected chi connectivity index (χ3v) is 5.25. The summed E-state index contributed by atoms with van der Waals surface area (Å²) in [6.07, 6.45) is 0.552. The second kappa shape index (κ2) is 8.26. The van der Waals surface area contributed by atoms with Gasteiger partial charge in [0.05, 0.1) is 7.11 Å². The maximum absolute atomic E-state index is 12.7. The monoisotopic (exact) mass is 352 g/mol. The standard InChI is InChI=1S/C22H28N2O2/c1-17-6-4-5-7-21(17)23-12-14-24(15-13-23)22(25)16-18(2)19-8-10-20(26-3)11-9-19/h4-11,18H,12-16H2,1-3H3. The third-order valence-electron chi connectivity index (χ3n) is 5.25. The number of aryl methyl sites for hydroxylation is 1. The molecule has 1 aliphatic heterocycles. The van der Waals surface area contributed by atoms with Gasteiger partial charge in [0.15, 0.2) is 0 Å². The minimum atomic E-state index is 0.211. The lowest BCUT2D eigenvalue weighted by molar-refractivity contribution is -0.131. The summed E-state index contributed by atoms with van der Waals surface area (Å²) in [5.74, 6) is 1.31. The van der Waals surface area contributed by atoms with Crippen molar-refractivity contribution in [2.45, 2.75) is 26.2 Å².